The Morgan fingerprint density at radius 3 is 1.32 bits per heavy atom. The lowest BCUT2D eigenvalue weighted by atomic mass is 9.79. The molecule has 0 aliphatic heterocycles. The van der Waals surface area contributed by atoms with Gasteiger partial charge < -0.3 is 0 Å². The van der Waals surface area contributed by atoms with E-state index >= 15 is 0 Å². The molecule has 0 aliphatic rings. The van der Waals surface area contributed by atoms with Crippen LogP contribution in [0.5, 0.6) is 0 Å². The van der Waals surface area contributed by atoms with Crippen LogP contribution < -0.4 is 0 Å². The van der Waals surface area contributed by atoms with Crippen LogP contribution in [-0.2, 0) is 12.4 Å². The second-order valence-electron chi connectivity index (χ2n) is 8.58. The van der Waals surface area contributed by atoms with Crippen LogP contribution in [0.2, 0.25) is 0 Å². The molecule has 37 heavy (non-hydrogen) atoms. The van der Waals surface area contributed by atoms with Crippen molar-refractivity contribution in [1.82, 2.24) is 0 Å². The molecule has 0 fully saturated rings. The van der Waals surface area contributed by atoms with E-state index in [1.807, 2.05) is 42.5 Å². The van der Waals surface area contributed by atoms with Gasteiger partial charge in [-0.05, 0) is 88.3 Å². The Hall–Kier alpha value is -2.84. The van der Waals surface area contributed by atoms with Gasteiger partial charge in [0.25, 0.3) is 0 Å². The lowest BCUT2D eigenvalue weighted by molar-refractivity contribution is -0.139. The Labute approximate surface area is 225 Å². The molecule has 0 atom stereocenters. The normalized spacial score (nSPS) is 12.6. The van der Waals surface area contributed by atoms with E-state index in [1.165, 1.54) is 24.3 Å². The SMILES string of the molecule is FC(F)(F)c1cccc(C(c2cccc(C(F)(F)F)c2Br)c2c3ccccc3cc3ccccc23)c1Br. The van der Waals surface area contributed by atoms with E-state index in [1.54, 1.807) is 12.1 Å². The zero-order chi connectivity index (χ0) is 26.5. The maximum Gasteiger partial charge on any atom is 0.417 e. The highest BCUT2D eigenvalue weighted by atomic mass is 79.9. The number of hydrogen-bond acceptors (Lipinski definition) is 0. The van der Waals surface area contributed by atoms with Gasteiger partial charge in [-0.1, -0.05) is 72.8 Å². The van der Waals surface area contributed by atoms with Gasteiger partial charge in [0.15, 0.2) is 0 Å². The molecule has 8 heteroatoms. The molecule has 0 radical (unpaired) electrons. The van der Waals surface area contributed by atoms with Gasteiger partial charge in [0.2, 0.25) is 0 Å². The van der Waals surface area contributed by atoms with Crippen molar-refractivity contribution in [2.24, 2.45) is 0 Å². The van der Waals surface area contributed by atoms with Gasteiger partial charge in [0.05, 0.1) is 11.1 Å². The van der Waals surface area contributed by atoms with Crippen molar-refractivity contribution in [3.63, 3.8) is 0 Å². The van der Waals surface area contributed by atoms with Crippen molar-refractivity contribution in [2.75, 3.05) is 0 Å². The van der Waals surface area contributed by atoms with Gasteiger partial charge in [-0.15, -0.1) is 0 Å². The fourth-order valence-corrected chi connectivity index (χ4v) is 6.26. The number of rotatable bonds is 3. The Morgan fingerprint density at radius 2 is 0.919 bits per heavy atom. The van der Waals surface area contributed by atoms with Gasteiger partial charge in [-0.2, -0.15) is 26.3 Å². The van der Waals surface area contributed by atoms with Crippen molar-refractivity contribution in [3.8, 4) is 0 Å². The predicted octanol–water partition coefficient (Wildman–Crippen LogP) is 10.7. The zero-order valence-corrected chi connectivity index (χ0v) is 21.9. The summed E-state index contributed by atoms with van der Waals surface area (Å²) < 4.78 is 83.1. The summed E-state index contributed by atoms with van der Waals surface area (Å²) in [5, 5.41) is 3.12. The standard InChI is InChI=1S/C29H16Br2F6/c30-26-20(11-5-13-22(26)28(32,33)34)25(21-12-6-14-23(27(21)31)29(35,36)37)24-18-9-3-1-7-16(18)15-17-8-2-4-10-19(17)24/h1-15,25H. The highest BCUT2D eigenvalue weighted by Gasteiger charge is 2.38. The number of fused-ring (bicyclic) bond motifs is 2. The van der Waals surface area contributed by atoms with E-state index in [9.17, 15) is 26.3 Å². The molecule has 5 aromatic rings. The van der Waals surface area contributed by atoms with Crippen molar-refractivity contribution in [3.05, 3.63) is 128 Å². The summed E-state index contributed by atoms with van der Waals surface area (Å²) in [6.45, 7) is 0. The molecule has 0 unspecified atom stereocenters. The summed E-state index contributed by atoms with van der Waals surface area (Å²) >= 11 is 6.33. The molecule has 0 amide bonds. The molecule has 0 spiro atoms. The predicted molar refractivity (Wildman–Crippen MR) is 141 cm³/mol. The van der Waals surface area contributed by atoms with Crippen LogP contribution in [0.25, 0.3) is 21.5 Å². The van der Waals surface area contributed by atoms with Crippen molar-refractivity contribution >= 4 is 53.4 Å². The molecule has 0 saturated heterocycles. The van der Waals surface area contributed by atoms with Crippen LogP contribution in [0.1, 0.15) is 33.7 Å². The van der Waals surface area contributed by atoms with Crippen LogP contribution in [0.4, 0.5) is 26.3 Å². The molecule has 5 rings (SSSR count). The smallest absolute Gasteiger partial charge is 0.166 e. The Kier molecular flexibility index (Phi) is 6.61. The molecule has 0 aliphatic carbocycles. The van der Waals surface area contributed by atoms with E-state index < -0.39 is 29.4 Å². The molecule has 0 aromatic heterocycles. The Balaban J connectivity index is 1.96. The summed E-state index contributed by atoms with van der Waals surface area (Å²) in [6.07, 6.45) is -9.32. The van der Waals surface area contributed by atoms with Gasteiger partial charge >= 0.3 is 12.4 Å². The van der Waals surface area contributed by atoms with Gasteiger partial charge in [-0.3, -0.25) is 0 Å². The second-order valence-corrected chi connectivity index (χ2v) is 10.2. The summed E-state index contributed by atoms with van der Waals surface area (Å²) in [5.41, 5.74) is -0.772. The van der Waals surface area contributed by atoms with Crippen molar-refractivity contribution in [2.45, 2.75) is 18.3 Å². The molecule has 0 N–H and O–H groups in total. The van der Waals surface area contributed by atoms with E-state index in [-0.39, 0.29) is 20.1 Å². The number of alkyl halides is 6. The Morgan fingerprint density at radius 1 is 0.514 bits per heavy atom. The van der Waals surface area contributed by atoms with E-state index in [0.29, 0.717) is 5.56 Å². The van der Waals surface area contributed by atoms with Gasteiger partial charge in [-0.25, -0.2) is 0 Å². The van der Waals surface area contributed by atoms with Crippen LogP contribution in [-0.4, -0.2) is 0 Å². The topological polar surface area (TPSA) is 0 Å². The van der Waals surface area contributed by atoms with Crippen molar-refractivity contribution in [1.29, 1.82) is 0 Å². The van der Waals surface area contributed by atoms with Crippen LogP contribution in [0.3, 0.4) is 0 Å². The van der Waals surface area contributed by atoms with E-state index in [0.717, 1.165) is 33.7 Å². The van der Waals surface area contributed by atoms with E-state index in [2.05, 4.69) is 31.9 Å². The highest BCUT2D eigenvalue weighted by Crippen LogP contribution is 2.49. The fourth-order valence-electron chi connectivity index (χ4n) is 4.82. The molecule has 0 saturated carbocycles. The first-order valence-corrected chi connectivity index (χ1v) is 12.7. The molecule has 0 nitrogen and oxygen atoms in total. The summed E-state index contributed by atoms with van der Waals surface area (Å²) in [7, 11) is 0. The average Bonchev–Trinajstić information content (AvgIpc) is 2.84. The highest BCUT2D eigenvalue weighted by molar-refractivity contribution is 9.11. The quantitative estimate of drug-likeness (QED) is 0.105. The molecular formula is C29H16Br2F6. The first kappa shape index (κ1) is 25.8. The first-order chi connectivity index (χ1) is 17.5. The summed E-state index contributed by atoms with van der Waals surface area (Å²) in [5.74, 6) is -0.968. The van der Waals surface area contributed by atoms with Crippen LogP contribution >= 0.6 is 31.9 Å². The Bertz CT molecular complexity index is 1520. The maximum absolute atomic E-state index is 13.9. The lowest BCUT2D eigenvalue weighted by Gasteiger charge is -2.27. The third-order valence-corrected chi connectivity index (χ3v) is 8.16. The minimum atomic E-state index is -4.66. The number of benzene rings is 5. The number of hydrogen-bond donors (Lipinski definition) is 0. The molecule has 188 valence electrons. The monoisotopic (exact) mass is 636 g/mol. The van der Waals surface area contributed by atoms with Gasteiger partial charge in [0, 0.05) is 14.9 Å². The summed E-state index contributed by atoms with van der Waals surface area (Å²) in [4.78, 5) is 0. The molecule has 5 aromatic carbocycles. The van der Waals surface area contributed by atoms with E-state index in [4.69, 9.17) is 0 Å². The molecule has 0 bridgehead atoms. The third-order valence-electron chi connectivity index (χ3n) is 6.39. The maximum atomic E-state index is 13.9. The van der Waals surface area contributed by atoms with Gasteiger partial charge in [0.1, 0.15) is 0 Å². The number of halogens is 8. The zero-order valence-electron chi connectivity index (χ0n) is 18.8. The minimum absolute atomic E-state index is 0.205. The average molecular weight is 638 g/mol. The largest absolute Gasteiger partial charge is 0.417 e. The first-order valence-electron chi connectivity index (χ1n) is 11.1. The fraction of sp³-hybridized carbons (Fsp3) is 0.103. The van der Waals surface area contributed by atoms with Crippen LogP contribution in [0.15, 0.2) is 99.9 Å². The van der Waals surface area contributed by atoms with Crippen LogP contribution in [0, 0.1) is 0 Å². The minimum Gasteiger partial charge on any atom is -0.166 e. The second kappa shape index (κ2) is 9.48. The molecular weight excluding hydrogens is 622 g/mol. The lowest BCUT2D eigenvalue weighted by Crippen LogP contribution is -2.14. The molecule has 0 heterocycles. The van der Waals surface area contributed by atoms with Crippen molar-refractivity contribution < 1.29 is 26.3 Å². The summed E-state index contributed by atoms with van der Waals surface area (Å²) in [6, 6.07) is 24.2. The third kappa shape index (κ3) is 4.66.